The first kappa shape index (κ1) is 25.3. The number of hydrogen-bond donors (Lipinski definition) is 2. The molecular weight excluding hydrogens is 496 g/mol. The van der Waals surface area contributed by atoms with Crippen molar-refractivity contribution in [2.75, 3.05) is 0 Å². The van der Waals surface area contributed by atoms with E-state index in [4.69, 9.17) is 18.3 Å². The quantitative estimate of drug-likeness (QED) is 0.119. The van der Waals surface area contributed by atoms with E-state index in [1.54, 1.807) is 48.5 Å². The summed E-state index contributed by atoms with van der Waals surface area (Å²) in [6, 6.07) is 18.8. The molecule has 0 unspecified atom stereocenters. The first-order chi connectivity index (χ1) is 18.5. The number of amides is 2. The third kappa shape index (κ3) is 6.66. The zero-order valence-corrected chi connectivity index (χ0v) is 19.4. The summed E-state index contributed by atoms with van der Waals surface area (Å²) in [6.07, 6.45) is 5.07. The number of ether oxygens (including phenoxy) is 2. The van der Waals surface area contributed by atoms with Gasteiger partial charge in [0.05, 0.1) is 25.0 Å². The van der Waals surface area contributed by atoms with E-state index in [0.29, 0.717) is 11.1 Å². The Bertz CT molecular complexity index is 1380. The van der Waals surface area contributed by atoms with Crippen LogP contribution in [0.5, 0.6) is 11.5 Å². The minimum absolute atomic E-state index is 0.0144. The number of rotatable bonds is 8. The van der Waals surface area contributed by atoms with Gasteiger partial charge in [-0.25, -0.2) is 20.4 Å². The Balaban J connectivity index is 1.31. The van der Waals surface area contributed by atoms with E-state index in [2.05, 4.69) is 10.2 Å². The third-order valence-electron chi connectivity index (χ3n) is 4.63. The molecule has 0 aliphatic heterocycles. The number of carbonyl (C=O) groups is 4. The van der Waals surface area contributed by atoms with Crippen LogP contribution in [-0.4, -0.2) is 36.2 Å². The molecule has 2 N–H and O–H groups in total. The SMILES string of the molecule is O=C(N/N=C/c1ccccc1OC(=O)c1ccco1)C(=O)N/N=C/c1ccccc1OC(=O)c1ccco1. The summed E-state index contributed by atoms with van der Waals surface area (Å²) in [7, 11) is 0. The van der Waals surface area contributed by atoms with E-state index >= 15 is 0 Å². The lowest BCUT2D eigenvalue weighted by molar-refractivity contribution is -0.139. The summed E-state index contributed by atoms with van der Waals surface area (Å²) < 4.78 is 20.5. The van der Waals surface area contributed by atoms with Crippen molar-refractivity contribution in [3.63, 3.8) is 0 Å². The maximum absolute atomic E-state index is 12.1. The summed E-state index contributed by atoms with van der Waals surface area (Å²) in [5, 5.41) is 7.42. The topological polar surface area (TPSA) is 162 Å². The highest BCUT2D eigenvalue weighted by Gasteiger charge is 2.15. The Labute approximate surface area is 214 Å². The van der Waals surface area contributed by atoms with E-state index in [-0.39, 0.29) is 23.0 Å². The number of furan rings is 2. The van der Waals surface area contributed by atoms with Crippen molar-refractivity contribution >= 4 is 36.2 Å². The van der Waals surface area contributed by atoms with E-state index in [1.807, 2.05) is 10.9 Å². The molecule has 0 saturated heterocycles. The molecule has 0 fully saturated rings. The Kier molecular flexibility index (Phi) is 8.17. The van der Waals surface area contributed by atoms with Crippen LogP contribution in [0.2, 0.25) is 0 Å². The lowest BCUT2D eigenvalue weighted by atomic mass is 10.2. The summed E-state index contributed by atoms with van der Waals surface area (Å²) in [5.41, 5.74) is 4.80. The smallest absolute Gasteiger partial charge is 0.379 e. The Morgan fingerprint density at radius 3 is 1.42 bits per heavy atom. The van der Waals surface area contributed by atoms with Gasteiger partial charge in [-0.15, -0.1) is 0 Å². The molecule has 4 aromatic rings. The molecule has 12 nitrogen and oxygen atoms in total. The number of hydrogen-bond acceptors (Lipinski definition) is 10. The van der Waals surface area contributed by atoms with E-state index in [9.17, 15) is 19.2 Å². The normalized spacial score (nSPS) is 10.8. The third-order valence-corrected chi connectivity index (χ3v) is 4.63. The van der Waals surface area contributed by atoms with Crippen molar-refractivity contribution < 1.29 is 37.5 Å². The van der Waals surface area contributed by atoms with Crippen molar-refractivity contribution in [2.24, 2.45) is 10.2 Å². The number of benzene rings is 2. The van der Waals surface area contributed by atoms with Crippen LogP contribution in [0.15, 0.2) is 104 Å². The van der Waals surface area contributed by atoms with Crippen LogP contribution in [0.25, 0.3) is 0 Å². The minimum Gasteiger partial charge on any atom is -0.457 e. The fourth-order valence-corrected chi connectivity index (χ4v) is 2.87. The lowest BCUT2D eigenvalue weighted by Gasteiger charge is -2.06. The summed E-state index contributed by atoms with van der Waals surface area (Å²) in [4.78, 5) is 48.3. The molecule has 12 heteroatoms. The molecular formula is C26H18N4O8. The summed E-state index contributed by atoms with van der Waals surface area (Å²) >= 11 is 0. The Morgan fingerprint density at radius 2 is 1.03 bits per heavy atom. The van der Waals surface area contributed by atoms with Gasteiger partial charge in [-0.3, -0.25) is 9.59 Å². The van der Waals surface area contributed by atoms with Crippen molar-refractivity contribution in [1.82, 2.24) is 10.9 Å². The number of hydrazone groups is 2. The Hall–Kier alpha value is -5.78. The van der Waals surface area contributed by atoms with Crippen LogP contribution in [0, 0.1) is 0 Å². The highest BCUT2D eigenvalue weighted by atomic mass is 16.6. The average Bonchev–Trinajstić information content (AvgIpc) is 3.65. The summed E-state index contributed by atoms with van der Waals surface area (Å²) in [5.74, 6) is -3.30. The summed E-state index contributed by atoms with van der Waals surface area (Å²) in [6.45, 7) is 0. The van der Waals surface area contributed by atoms with Crippen LogP contribution >= 0.6 is 0 Å². The van der Waals surface area contributed by atoms with Gasteiger partial charge in [0.25, 0.3) is 0 Å². The molecule has 0 radical (unpaired) electrons. The fraction of sp³-hybridized carbons (Fsp3) is 0. The fourth-order valence-electron chi connectivity index (χ4n) is 2.87. The van der Waals surface area contributed by atoms with Gasteiger partial charge in [0.15, 0.2) is 0 Å². The van der Waals surface area contributed by atoms with Crippen molar-refractivity contribution in [1.29, 1.82) is 0 Å². The van der Waals surface area contributed by atoms with Crippen LogP contribution < -0.4 is 20.3 Å². The first-order valence-corrected chi connectivity index (χ1v) is 10.9. The number of nitrogens with zero attached hydrogens (tertiary/aromatic N) is 2. The standard InChI is InChI=1S/C26H18N4O8/c31-23(29-27-15-17-7-1-3-9-19(17)37-25(33)21-11-5-13-35-21)24(32)30-28-16-18-8-2-4-10-20(18)38-26(34)22-12-6-14-36-22/h1-16H,(H,29,31)(H,30,32)/b27-15+,28-16+. The predicted molar refractivity (Wildman–Crippen MR) is 132 cm³/mol. The number of para-hydroxylation sites is 2. The first-order valence-electron chi connectivity index (χ1n) is 10.9. The van der Waals surface area contributed by atoms with Crippen molar-refractivity contribution in [3.05, 3.63) is 108 Å². The zero-order chi connectivity index (χ0) is 26.7. The zero-order valence-electron chi connectivity index (χ0n) is 19.4. The lowest BCUT2D eigenvalue weighted by Crippen LogP contribution is -2.35. The average molecular weight is 514 g/mol. The number of nitrogens with one attached hydrogen (secondary N) is 2. The second-order valence-electron chi connectivity index (χ2n) is 7.21. The molecule has 0 bridgehead atoms. The molecule has 2 aromatic heterocycles. The number of esters is 2. The van der Waals surface area contributed by atoms with Gasteiger partial charge in [-0.2, -0.15) is 10.2 Å². The molecule has 0 saturated carbocycles. The van der Waals surface area contributed by atoms with Crippen LogP contribution in [0.4, 0.5) is 0 Å². The Morgan fingerprint density at radius 1 is 0.605 bits per heavy atom. The van der Waals surface area contributed by atoms with Gasteiger partial charge in [0, 0.05) is 11.1 Å². The van der Waals surface area contributed by atoms with E-state index in [0.717, 1.165) is 0 Å². The second kappa shape index (κ2) is 12.3. The van der Waals surface area contributed by atoms with Crippen LogP contribution in [-0.2, 0) is 9.59 Å². The molecule has 0 atom stereocenters. The minimum atomic E-state index is -1.11. The molecule has 0 spiro atoms. The molecule has 2 aromatic carbocycles. The van der Waals surface area contributed by atoms with Crippen LogP contribution in [0.3, 0.4) is 0 Å². The second-order valence-corrected chi connectivity index (χ2v) is 7.21. The van der Waals surface area contributed by atoms with Crippen LogP contribution in [0.1, 0.15) is 32.2 Å². The highest BCUT2D eigenvalue weighted by Crippen LogP contribution is 2.19. The van der Waals surface area contributed by atoms with Crippen molar-refractivity contribution in [3.8, 4) is 11.5 Å². The van der Waals surface area contributed by atoms with Gasteiger partial charge >= 0.3 is 23.8 Å². The van der Waals surface area contributed by atoms with E-state index < -0.39 is 23.8 Å². The molecule has 2 amide bonds. The molecule has 38 heavy (non-hydrogen) atoms. The molecule has 0 aliphatic carbocycles. The van der Waals surface area contributed by atoms with Gasteiger partial charge < -0.3 is 18.3 Å². The maximum atomic E-state index is 12.1. The highest BCUT2D eigenvalue weighted by molar-refractivity contribution is 6.35. The van der Waals surface area contributed by atoms with Gasteiger partial charge in [-0.05, 0) is 48.5 Å². The maximum Gasteiger partial charge on any atom is 0.379 e. The molecule has 4 rings (SSSR count). The van der Waals surface area contributed by atoms with E-state index in [1.165, 1.54) is 49.2 Å². The molecule has 190 valence electrons. The largest absolute Gasteiger partial charge is 0.457 e. The van der Waals surface area contributed by atoms with Gasteiger partial charge in [-0.1, -0.05) is 24.3 Å². The molecule has 0 aliphatic rings. The van der Waals surface area contributed by atoms with Crippen molar-refractivity contribution in [2.45, 2.75) is 0 Å². The van der Waals surface area contributed by atoms with Gasteiger partial charge in [0.1, 0.15) is 11.5 Å². The van der Waals surface area contributed by atoms with Gasteiger partial charge in [0.2, 0.25) is 11.5 Å². The molecule has 2 heterocycles. The predicted octanol–water partition coefficient (Wildman–Crippen LogP) is 2.91. The number of carbonyl (C=O) groups excluding carboxylic acids is 4. The monoisotopic (exact) mass is 514 g/mol.